The van der Waals surface area contributed by atoms with Crippen LogP contribution in [-0.2, 0) is 9.59 Å². The van der Waals surface area contributed by atoms with Gasteiger partial charge in [-0.05, 0) is 42.4 Å². The van der Waals surface area contributed by atoms with E-state index < -0.39 is 5.97 Å². The van der Waals surface area contributed by atoms with E-state index in [1.807, 2.05) is 18.7 Å². The maximum absolute atomic E-state index is 12.4. The van der Waals surface area contributed by atoms with Crippen LogP contribution in [0.4, 0.5) is 5.69 Å². The number of carboxylic acids is 1. The van der Waals surface area contributed by atoms with E-state index in [9.17, 15) is 19.5 Å². The summed E-state index contributed by atoms with van der Waals surface area (Å²) in [4.78, 5) is 37.8. The van der Waals surface area contributed by atoms with Crippen molar-refractivity contribution in [3.8, 4) is 0 Å². The molecule has 1 aromatic carbocycles. The Morgan fingerprint density at radius 2 is 1.76 bits per heavy atom. The highest BCUT2D eigenvalue weighted by Gasteiger charge is 2.18. The summed E-state index contributed by atoms with van der Waals surface area (Å²) >= 11 is 0. The molecule has 1 aromatic rings. The zero-order valence-electron chi connectivity index (χ0n) is 17.7. The van der Waals surface area contributed by atoms with E-state index in [-0.39, 0.29) is 29.2 Å². The molecule has 160 valence electrons. The highest BCUT2D eigenvalue weighted by molar-refractivity contribution is 5.94. The lowest BCUT2D eigenvalue weighted by Crippen LogP contribution is -2.46. The van der Waals surface area contributed by atoms with Crippen LogP contribution in [0.2, 0.25) is 0 Å². The number of aromatic carboxylic acids is 1. The van der Waals surface area contributed by atoms with Gasteiger partial charge in [0.05, 0.1) is 5.56 Å². The summed E-state index contributed by atoms with van der Waals surface area (Å²) in [6.07, 6.45) is 2.32. The van der Waals surface area contributed by atoms with Gasteiger partial charge in [-0.2, -0.15) is 0 Å². The number of anilines is 1. The number of rotatable bonds is 9. The summed E-state index contributed by atoms with van der Waals surface area (Å²) in [7, 11) is 0. The number of hydrogen-bond acceptors (Lipinski definition) is 4. The first kappa shape index (κ1) is 22.9. The van der Waals surface area contributed by atoms with Crippen molar-refractivity contribution in [3.05, 3.63) is 29.3 Å². The molecule has 0 aromatic heterocycles. The predicted molar refractivity (Wildman–Crippen MR) is 113 cm³/mol. The number of piperazine rings is 1. The van der Waals surface area contributed by atoms with Crippen molar-refractivity contribution in [1.82, 2.24) is 10.2 Å². The summed E-state index contributed by atoms with van der Waals surface area (Å²) in [6, 6.07) is 4.84. The molecule has 29 heavy (non-hydrogen) atoms. The molecule has 0 saturated carbocycles. The average molecular weight is 404 g/mol. The van der Waals surface area contributed by atoms with E-state index in [1.54, 1.807) is 12.1 Å². The molecule has 1 heterocycles. The molecule has 1 aliphatic rings. The van der Waals surface area contributed by atoms with Crippen LogP contribution in [0.25, 0.3) is 0 Å². The van der Waals surface area contributed by atoms with Crippen molar-refractivity contribution < 1.29 is 19.5 Å². The Bertz CT molecular complexity index is 727. The third-order valence-electron chi connectivity index (χ3n) is 5.38. The highest BCUT2D eigenvalue weighted by Crippen LogP contribution is 2.26. The van der Waals surface area contributed by atoms with Gasteiger partial charge < -0.3 is 20.6 Å². The Morgan fingerprint density at radius 1 is 1.10 bits per heavy atom. The van der Waals surface area contributed by atoms with Gasteiger partial charge >= 0.3 is 5.97 Å². The Balaban J connectivity index is 1.82. The van der Waals surface area contributed by atoms with Gasteiger partial charge in [0.2, 0.25) is 11.8 Å². The molecule has 2 amide bonds. The van der Waals surface area contributed by atoms with E-state index >= 15 is 0 Å². The van der Waals surface area contributed by atoms with Crippen LogP contribution in [0.1, 0.15) is 68.3 Å². The fourth-order valence-electron chi connectivity index (χ4n) is 3.48. The molecule has 7 nitrogen and oxygen atoms in total. The van der Waals surface area contributed by atoms with E-state index in [2.05, 4.69) is 17.6 Å². The van der Waals surface area contributed by atoms with Crippen molar-refractivity contribution in [1.29, 1.82) is 0 Å². The number of benzene rings is 1. The number of nitrogens with one attached hydrogen (secondary N) is 2. The summed E-state index contributed by atoms with van der Waals surface area (Å²) in [5, 5.41) is 15.3. The van der Waals surface area contributed by atoms with Crippen LogP contribution in [0.3, 0.4) is 0 Å². The molecule has 1 unspecified atom stereocenters. The first-order valence-electron chi connectivity index (χ1n) is 10.4. The summed E-state index contributed by atoms with van der Waals surface area (Å²) in [6.45, 7) is 9.30. The SMILES string of the molecule is CC(CCC(=O)Nc1cc(C(=O)O)ccc1C(C)C)CCC(=O)N1CCNCC1. The minimum atomic E-state index is -1.02. The first-order chi connectivity index (χ1) is 13.8. The van der Waals surface area contributed by atoms with Gasteiger partial charge in [0, 0.05) is 44.7 Å². The van der Waals surface area contributed by atoms with E-state index in [0.29, 0.717) is 24.9 Å². The van der Waals surface area contributed by atoms with Crippen molar-refractivity contribution in [2.45, 2.75) is 52.4 Å². The maximum atomic E-state index is 12.4. The fraction of sp³-hybridized carbons (Fsp3) is 0.591. The van der Waals surface area contributed by atoms with Gasteiger partial charge in [-0.25, -0.2) is 4.79 Å². The molecule has 7 heteroatoms. The topological polar surface area (TPSA) is 98.7 Å². The van der Waals surface area contributed by atoms with Crippen molar-refractivity contribution in [2.24, 2.45) is 5.92 Å². The quantitative estimate of drug-likeness (QED) is 0.589. The number of amides is 2. The molecule has 1 aliphatic heterocycles. The Morgan fingerprint density at radius 3 is 2.38 bits per heavy atom. The summed E-state index contributed by atoms with van der Waals surface area (Å²) in [5.41, 5.74) is 1.63. The third-order valence-corrected chi connectivity index (χ3v) is 5.38. The maximum Gasteiger partial charge on any atom is 0.335 e. The lowest BCUT2D eigenvalue weighted by molar-refractivity contribution is -0.132. The number of carbonyl (C=O) groups excluding carboxylic acids is 2. The van der Waals surface area contributed by atoms with Crippen LogP contribution >= 0.6 is 0 Å². The second-order valence-electron chi connectivity index (χ2n) is 8.12. The lowest BCUT2D eigenvalue weighted by atomic mass is 9.97. The second-order valence-corrected chi connectivity index (χ2v) is 8.12. The Hall–Kier alpha value is -2.41. The lowest BCUT2D eigenvalue weighted by Gasteiger charge is -2.27. The summed E-state index contributed by atoms with van der Waals surface area (Å²) < 4.78 is 0. The third kappa shape index (κ3) is 7.16. The largest absolute Gasteiger partial charge is 0.478 e. The average Bonchev–Trinajstić information content (AvgIpc) is 2.70. The Labute approximate surface area is 172 Å². The molecule has 1 saturated heterocycles. The number of carbonyl (C=O) groups is 3. The normalized spacial score (nSPS) is 15.2. The predicted octanol–water partition coefficient (Wildman–Crippen LogP) is 3.08. The molecule has 2 rings (SSSR count). The molecule has 0 spiro atoms. The molecule has 1 fully saturated rings. The van der Waals surface area contributed by atoms with Gasteiger partial charge in [-0.15, -0.1) is 0 Å². The number of carboxylic acid groups (broad SMARTS) is 1. The van der Waals surface area contributed by atoms with Crippen molar-refractivity contribution >= 4 is 23.5 Å². The zero-order chi connectivity index (χ0) is 21.4. The zero-order valence-corrected chi connectivity index (χ0v) is 17.7. The van der Waals surface area contributed by atoms with E-state index in [0.717, 1.165) is 38.2 Å². The molecular formula is C22H33N3O4. The van der Waals surface area contributed by atoms with Crippen LogP contribution in [-0.4, -0.2) is 54.0 Å². The highest BCUT2D eigenvalue weighted by atomic mass is 16.4. The minimum absolute atomic E-state index is 0.130. The van der Waals surface area contributed by atoms with Gasteiger partial charge in [0.15, 0.2) is 0 Å². The molecule has 0 bridgehead atoms. The van der Waals surface area contributed by atoms with E-state index in [1.165, 1.54) is 6.07 Å². The molecule has 1 atom stereocenters. The van der Waals surface area contributed by atoms with Crippen LogP contribution in [0, 0.1) is 5.92 Å². The molecular weight excluding hydrogens is 370 g/mol. The standard InChI is InChI=1S/C22H33N3O4/c1-15(2)18-7-6-17(22(28)29)14-19(18)24-20(26)8-4-16(3)5-9-21(27)25-12-10-23-11-13-25/h6-7,14-16,23H,4-5,8-13H2,1-3H3,(H,24,26)(H,28,29). The van der Waals surface area contributed by atoms with Crippen LogP contribution in [0.5, 0.6) is 0 Å². The van der Waals surface area contributed by atoms with Gasteiger partial charge in [0.1, 0.15) is 0 Å². The van der Waals surface area contributed by atoms with Crippen LogP contribution < -0.4 is 10.6 Å². The number of nitrogens with zero attached hydrogens (tertiary/aromatic N) is 1. The minimum Gasteiger partial charge on any atom is -0.478 e. The van der Waals surface area contributed by atoms with Crippen LogP contribution in [0.15, 0.2) is 18.2 Å². The van der Waals surface area contributed by atoms with Gasteiger partial charge in [0.25, 0.3) is 0 Å². The molecule has 3 N–H and O–H groups in total. The van der Waals surface area contributed by atoms with Gasteiger partial charge in [-0.3, -0.25) is 9.59 Å². The Kier molecular flexibility index (Phi) is 8.64. The smallest absolute Gasteiger partial charge is 0.335 e. The van der Waals surface area contributed by atoms with Crippen molar-refractivity contribution in [2.75, 3.05) is 31.5 Å². The fourth-order valence-corrected chi connectivity index (χ4v) is 3.48. The summed E-state index contributed by atoms with van der Waals surface area (Å²) in [5.74, 6) is -0.520. The van der Waals surface area contributed by atoms with Gasteiger partial charge in [-0.1, -0.05) is 26.8 Å². The van der Waals surface area contributed by atoms with Crippen molar-refractivity contribution in [3.63, 3.8) is 0 Å². The second kappa shape index (κ2) is 11.0. The van der Waals surface area contributed by atoms with E-state index in [4.69, 9.17) is 0 Å². The number of hydrogen-bond donors (Lipinski definition) is 3. The first-order valence-corrected chi connectivity index (χ1v) is 10.4. The molecule has 0 radical (unpaired) electrons. The molecule has 0 aliphatic carbocycles. The monoisotopic (exact) mass is 403 g/mol.